The summed E-state index contributed by atoms with van der Waals surface area (Å²) >= 11 is 0. The summed E-state index contributed by atoms with van der Waals surface area (Å²) in [5.41, 5.74) is -0.331. The average molecular weight is 341 g/mol. The molecule has 1 amide bonds. The van der Waals surface area contributed by atoms with Crippen LogP contribution in [0.1, 0.15) is 42.6 Å². The van der Waals surface area contributed by atoms with Gasteiger partial charge in [0.1, 0.15) is 6.23 Å². The topological polar surface area (TPSA) is 92.7 Å². The van der Waals surface area contributed by atoms with Crippen LogP contribution in [-0.2, 0) is 14.6 Å². The first kappa shape index (κ1) is 17.9. The lowest BCUT2D eigenvalue weighted by molar-refractivity contribution is 0.0639. The van der Waals surface area contributed by atoms with Gasteiger partial charge in [-0.1, -0.05) is 0 Å². The van der Waals surface area contributed by atoms with E-state index in [4.69, 9.17) is 4.74 Å². The smallest absolute Gasteiger partial charge is 0.253 e. The van der Waals surface area contributed by atoms with Gasteiger partial charge in [-0.15, -0.1) is 0 Å². The van der Waals surface area contributed by atoms with Crippen LogP contribution < -0.4 is 5.32 Å². The number of amides is 1. The third kappa shape index (κ3) is 4.76. The summed E-state index contributed by atoms with van der Waals surface area (Å²) in [5.74, 6) is -0.651. The van der Waals surface area contributed by atoms with Gasteiger partial charge in [0.2, 0.25) is 0 Å². The zero-order valence-corrected chi connectivity index (χ0v) is 14.4. The molecule has 1 aliphatic rings. The lowest BCUT2D eigenvalue weighted by atomic mass is 10.1. The van der Waals surface area contributed by atoms with Crippen molar-refractivity contribution in [1.29, 1.82) is 0 Å². The standard InChI is InChI=1S/C16H23NO5S/c1-11-9-12(23(20,21)10-16(2,3)19)6-7-13(11)15(18)17-14-5-4-8-22-14/h6-7,9,14,19H,4-5,8,10H2,1-3H3,(H,17,18). The zero-order chi connectivity index (χ0) is 17.3. The Bertz CT molecular complexity index is 685. The largest absolute Gasteiger partial charge is 0.389 e. The number of rotatable bonds is 5. The molecule has 1 aliphatic heterocycles. The highest BCUT2D eigenvalue weighted by molar-refractivity contribution is 7.91. The van der Waals surface area contributed by atoms with Gasteiger partial charge in [-0.25, -0.2) is 8.42 Å². The predicted octanol–water partition coefficient (Wildman–Crippen LogP) is 1.41. The van der Waals surface area contributed by atoms with Crippen molar-refractivity contribution in [3.63, 3.8) is 0 Å². The van der Waals surface area contributed by atoms with Crippen LogP contribution in [0.5, 0.6) is 0 Å². The van der Waals surface area contributed by atoms with Gasteiger partial charge in [0.05, 0.1) is 16.2 Å². The number of hydrogen-bond acceptors (Lipinski definition) is 5. The molecule has 1 saturated heterocycles. The summed E-state index contributed by atoms with van der Waals surface area (Å²) in [6.45, 7) is 5.22. The maximum Gasteiger partial charge on any atom is 0.253 e. The van der Waals surface area contributed by atoms with Crippen LogP contribution in [0.3, 0.4) is 0 Å². The summed E-state index contributed by atoms with van der Waals surface area (Å²) < 4.78 is 29.9. The molecular formula is C16H23NO5S. The number of sulfone groups is 1. The summed E-state index contributed by atoms with van der Waals surface area (Å²) in [4.78, 5) is 12.3. The minimum absolute atomic E-state index is 0.103. The van der Waals surface area contributed by atoms with Crippen LogP contribution in [0.4, 0.5) is 0 Å². The normalized spacial score (nSPS) is 18.9. The van der Waals surface area contributed by atoms with E-state index in [2.05, 4.69) is 5.32 Å². The SMILES string of the molecule is Cc1cc(S(=O)(=O)CC(C)(C)O)ccc1C(=O)NC1CCCO1. The highest BCUT2D eigenvalue weighted by Gasteiger charge is 2.26. The second kappa shape index (κ2) is 6.59. The Morgan fingerprint density at radius 3 is 2.65 bits per heavy atom. The van der Waals surface area contributed by atoms with Gasteiger partial charge in [0.25, 0.3) is 5.91 Å². The number of nitrogens with one attached hydrogen (secondary N) is 1. The molecule has 1 atom stereocenters. The third-order valence-corrected chi connectivity index (χ3v) is 5.63. The van der Waals surface area contributed by atoms with Crippen LogP contribution in [0.25, 0.3) is 0 Å². The Hall–Kier alpha value is -1.44. The first-order valence-electron chi connectivity index (χ1n) is 7.57. The number of ether oxygens (including phenoxy) is 1. The molecule has 7 heteroatoms. The first-order valence-corrected chi connectivity index (χ1v) is 9.22. The van der Waals surface area contributed by atoms with Gasteiger partial charge in [-0.05, 0) is 57.4 Å². The van der Waals surface area contributed by atoms with Crippen molar-refractivity contribution in [3.05, 3.63) is 29.3 Å². The minimum Gasteiger partial charge on any atom is -0.389 e. The third-order valence-electron chi connectivity index (χ3n) is 3.57. The van der Waals surface area contributed by atoms with Gasteiger partial charge in [-0.3, -0.25) is 4.79 Å². The number of aliphatic hydroxyl groups is 1. The Kier molecular flexibility index (Phi) is 5.13. The molecule has 0 spiro atoms. The molecule has 1 fully saturated rings. The summed E-state index contributed by atoms with van der Waals surface area (Å²) in [6, 6.07) is 4.36. The number of carbonyl (C=O) groups excluding carboxylic acids is 1. The van der Waals surface area contributed by atoms with Gasteiger partial charge in [-0.2, -0.15) is 0 Å². The van der Waals surface area contributed by atoms with Crippen molar-refractivity contribution < 1.29 is 23.1 Å². The van der Waals surface area contributed by atoms with Crippen molar-refractivity contribution in [2.45, 2.75) is 50.3 Å². The van der Waals surface area contributed by atoms with E-state index in [1.54, 1.807) is 6.92 Å². The van der Waals surface area contributed by atoms with Crippen LogP contribution in [0.2, 0.25) is 0 Å². The predicted molar refractivity (Wildman–Crippen MR) is 86.0 cm³/mol. The van der Waals surface area contributed by atoms with Crippen molar-refractivity contribution >= 4 is 15.7 Å². The van der Waals surface area contributed by atoms with Gasteiger partial charge in [0, 0.05) is 12.2 Å². The monoisotopic (exact) mass is 341 g/mol. The van der Waals surface area contributed by atoms with E-state index in [0.29, 0.717) is 17.7 Å². The van der Waals surface area contributed by atoms with Crippen molar-refractivity contribution in [2.75, 3.05) is 12.4 Å². The molecule has 0 saturated carbocycles. The highest BCUT2D eigenvalue weighted by atomic mass is 32.2. The van der Waals surface area contributed by atoms with E-state index in [-0.39, 0.29) is 22.8 Å². The first-order chi connectivity index (χ1) is 10.6. The zero-order valence-electron chi connectivity index (χ0n) is 13.6. The molecule has 2 N–H and O–H groups in total. The molecule has 1 aromatic carbocycles. The fourth-order valence-electron chi connectivity index (χ4n) is 2.55. The Balaban J connectivity index is 2.18. The highest BCUT2D eigenvalue weighted by Crippen LogP contribution is 2.20. The van der Waals surface area contributed by atoms with E-state index in [1.165, 1.54) is 32.0 Å². The van der Waals surface area contributed by atoms with Gasteiger partial charge < -0.3 is 15.2 Å². The van der Waals surface area contributed by atoms with E-state index in [9.17, 15) is 18.3 Å². The number of aryl methyl sites for hydroxylation is 1. The maximum absolute atomic E-state index is 12.3. The molecule has 0 aliphatic carbocycles. The number of benzene rings is 1. The summed E-state index contributed by atoms with van der Waals surface area (Å²) in [6.07, 6.45) is 1.42. The van der Waals surface area contributed by atoms with E-state index >= 15 is 0 Å². The number of hydrogen-bond donors (Lipinski definition) is 2. The molecule has 2 rings (SSSR count). The average Bonchev–Trinajstić information content (AvgIpc) is 2.88. The Morgan fingerprint density at radius 2 is 2.13 bits per heavy atom. The van der Waals surface area contributed by atoms with E-state index < -0.39 is 15.4 Å². The van der Waals surface area contributed by atoms with Crippen molar-refractivity contribution in [2.24, 2.45) is 0 Å². The molecular weight excluding hydrogens is 318 g/mol. The van der Waals surface area contributed by atoms with Crippen molar-refractivity contribution in [3.8, 4) is 0 Å². The van der Waals surface area contributed by atoms with Crippen LogP contribution in [-0.4, -0.2) is 43.6 Å². The van der Waals surface area contributed by atoms with Gasteiger partial charge in [0.15, 0.2) is 9.84 Å². The molecule has 0 bridgehead atoms. The quantitative estimate of drug-likeness (QED) is 0.845. The molecule has 0 aromatic heterocycles. The second-order valence-corrected chi connectivity index (χ2v) is 8.51. The molecule has 1 aromatic rings. The van der Waals surface area contributed by atoms with Crippen LogP contribution in [0.15, 0.2) is 23.1 Å². The molecule has 1 heterocycles. The molecule has 128 valence electrons. The molecule has 23 heavy (non-hydrogen) atoms. The summed E-state index contributed by atoms with van der Waals surface area (Å²) in [5, 5.41) is 12.5. The van der Waals surface area contributed by atoms with Crippen molar-refractivity contribution in [1.82, 2.24) is 5.32 Å². The lowest BCUT2D eigenvalue weighted by Crippen LogP contribution is -2.34. The lowest BCUT2D eigenvalue weighted by Gasteiger charge is -2.18. The Morgan fingerprint density at radius 1 is 1.43 bits per heavy atom. The van der Waals surface area contributed by atoms with E-state index in [0.717, 1.165) is 12.8 Å². The number of carbonyl (C=O) groups is 1. The summed E-state index contributed by atoms with van der Waals surface area (Å²) in [7, 11) is -3.61. The molecule has 0 radical (unpaired) electrons. The second-order valence-electron chi connectivity index (χ2n) is 6.52. The molecule has 1 unspecified atom stereocenters. The fourth-order valence-corrected chi connectivity index (χ4v) is 4.28. The molecule has 6 nitrogen and oxygen atoms in total. The van der Waals surface area contributed by atoms with E-state index in [1.807, 2.05) is 0 Å². The maximum atomic E-state index is 12.3. The van der Waals surface area contributed by atoms with Gasteiger partial charge >= 0.3 is 0 Å². The Labute approximate surface area is 136 Å². The fraction of sp³-hybridized carbons (Fsp3) is 0.562. The van der Waals surface area contributed by atoms with Crippen LogP contribution in [0, 0.1) is 6.92 Å². The van der Waals surface area contributed by atoms with Crippen LogP contribution >= 0.6 is 0 Å². The minimum atomic E-state index is -3.61.